The molecule has 1 aliphatic heterocycles. The maximum absolute atomic E-state index is 13.0. The Morgan fingerprint density at radius 3 is 2.52 bits per heavy atom. The van der Waals surface area contributed by atoms with Gasteiger partial charge in [-0.25, -0.2) is 4.98 Å². The summed E-state index contributed by atoms with van der Waals surface area (Å²) in [6, 6.07) is 10.8. The van der Waals surface area contributed by atoms with Crippen molar-refractivity contribution in [1.29, 1.82) is 0 Å². The first kappa shape index (κ1) is 20.5. The van der Waals surface area contributed by atoms with Crippen molar-refractivity contribution in [3.8, 4) is 34.4 Å². The van der Waals surface area contributed by atoms with Crippen LogP contribution in [0.3, 0.4) is 0 Å². The van der Waals surface area contributed by atoms with Crippen molar-refractivity contribution >= 4 is 5.91 Å². The van der Waals surface area contributed by atoms with Crippen LogP contribution < -0.4 is 18.9 Å². The molecular weight excluding hydrogens is 400 g/mol. The van der Waals surface area contributed by atoms with Gasteiger partial charge in [0.2, 0.25) is 11.6 Å². The third kappa shape index (κ3) is 4.25. The molecule has 0 aliphatic carbocycles. The fourth-order valence-electron chi connectivity index (χ4n) is 3.57. The number of amides is 1. The van der Waals surface area contributed by atoms with Gasteiger partial charge in [-0.05, 0) is 24.3 Å². The summed E-state index contributed by atoms with van der Waals surface area (Å²) < 4.78 is 22.0. The van der Waals surface area contributed by atoms with E-state index in [2.05, 4.69) is 15.2 Å². The van der Waals surface area contributed by atoms with Crippen LogP contribution in [0.2, 0.25) is 0 Å². The van der Waals surface area contributed by atoms with Crippen molar-refractivity contribution in [3.63, 3.8) is 0 Å². The molecule has 2 aromatic heterocycles. The number of carbonyl (C=O) groups is 1. The van der Waals surface area contributed by atoms with Gasteiger partial charge in [0.05, 0.1) is 33.6 Å². The topological polar surface area (TPSA) is 98.8 Å². The Balaban J connectivity index is 1.48. The van der Waals surface area contributed by atoms with Crippen LogP contribution in [-0.4, -0.2) is 66.5 Å². The van der Waals surface area contributed by atoms with Gasteiger partial charge >= 0.3 is 0 Å². The van der Waals surface area contributed by atoms with Gasteiger partial charge in [0.25, 0.3) is 5.91 Å². The number of rotatable bonds is 7. The smallest absolute Gasteiger partial charge is 0.272 e. The zero-order valence-electron chi connectivity index (χ0n) is 17.6. The van der Waals surface area contributed by atoms with Crippen LogP contribution in [0.4, 0.5) is 0 Å². The third-order valence-electron chi connectivity index (χ3n) is 5.13. The van der Waals surface area contributed by atoms with Gasteiger partial charge in [-0.2, -0.15) is 5.10 Å². The molecule has 0 bridgehead atoms. The van der Waals surface area contributed by atoms with Crippen LogP contribution in [-0.2, 0) is 0 Å². The van der Waals surface area contributed by atoms with Gasteiger partial charge in [0, 0.05) is 30.8 Å². The standard InChI is InChI=1S/C22H24N4O5/c1-28-18-10-14(11-19(29-2)21(18)30-3)16-12-17(25-24-16)22(27)26-9-7-15(13-26)31-20-6-4-5-8-23-20/h4-6,8,10-12,15H,7,9,13H2,1-3H3,(H,24,25). The van der Waals surface area contributed by atoms with E-state index in [1.807, 2.05) is 18.2 Å². The van der Waals surface area contributed by atoms with E-state index in [1.54, 1.807) is 50.6 Å². The summed E-state index contributed by atoms with van der Waals surface area (Å²) in [6.45, 7) is 1.10. The van der Waals surface area contributed by atoms with E-state index < -0.39 is 0 Å². The van der Waals surface area contributed by atoms with Crippen molar-refractivity contribution < 1.29 is 23.7 Å². The number of aromatic amines is 1. The molecule has 162 valence electrons. The minimum absolute atomic E-state index is 0.0867. The number of methoxy groups -OCH3 is 3. The molecule has 1 unspecified atom stereocenters. The second-order valence-electron chi connectivity index (χ2n) is 7.03. The molecule has 1 fully saturated rings. The molecule has 31 heavy (non-hydrogen) atoms. The van der Waals surface area contributed by atoms with Crippen molar-refractivity contribution in [3.05, 3.63) is 48.3 Å². The van der Waals surface area contributed by atoms with Crippen LogP contribution >= 0.6 is 0 Å². The summed E-state index contributed by atoms with van der Waals surface area (Å²) in [7, 11) is 4.65. The highest BCUT2D eigenvalue weighted by Crippen LogP contribution is 2.40. The first-order valence-electron chi connectivity index (χ1n) is 9.85. The molecule has 9 nitrogen and oxygen atoms in total. The fraction of sp³-hybridized carbons (Fsp3) is 0.318. The minimum atomic E-state index is -0.127. The van der Waals surface area contributed by atoms with Crippen LogP contribution in [0.15, 0.2) is 42.6 Å². The number of benzene rings is 1. The Hall–Kier alpha value is -3.75. The number of hydrogen-bond acceptors (Lipinski definition) is 7. The first-order valence-corrected chi connectivity index (χ1v) is 9.85. The van der Waals surface area contributed by atoms with E-state index >= 15 is 0 Å². The van der Waals surface area contributed by atoms with E-state index in [1.165, 1.54) is 0 Å². The molecule has 1 aromatic carbocycles. The zero-order valence-corrected chi connectivity index (χ0v) is 17.6. The van der Waals surface area contributed by atoms with Gasteiger partial charge in [0.1, 0.15) is 11.8 Å². The first-order chi connectivity index (χ1) is 15.1. The third-order valence-corrected chi connectivity index (χ3v) is 5.13. The molecule has 9 heteroatoms. The summed E-state index contributed by atoms with van der Waals surface area (Å²) in [5.41, 5.74) is 1.74. The number of pyridine rings is 1. The lowest BCUT2D eigenvalue weighted by Gasteiger charge is -2.16. The molecule has 0 saturated carbocycles. The number of nitrogens with zero attached hydrogens (tertiary/aromatic N) is 3. The molecule has 1 N–H and O–H groups in total. The summed E-state index contributed by atoms with van der Waals surface area (Å²) >= 11 is 0. The second-order valence-corrected chi connectivity index (χ2v) is 7.03. The molecule has 1 aliphatic rings. The lowest BCUT2D eigenvalue weighted by atomic mass is 10.1. The number of aromatic nitrogens is 3. The highest BCUT2D eigenvalue weighted by Gasteiger charge is 2.29. The van der Waals surface area contributed by atoms with E-state index in [0.29, 0.717) is 47.6 Å². The van der Waals surface area contributed by atoms with Crippen LogP contribution in [0.25, 0.3) is 11.3 Å². The van der Waals surface area contributed by atoms with E-state index in [-0.39, 0.29) is 12.0 Å². The summed E-state index contributed by atoms with van der Waals surface area (Å²) in [5.74, 6) is 1.96. The van der Waals surface area contributed by atoms with E-state index in [9.17, 15) is 4.79 Å². The quantitative estimate of drug-likeness (QED) is 0.623. The predicted octanol–water partition coefficient (Wildman–Crippen LogP) is 2.79. The Morgan fingerprint density at radius 2 is 1.87 bits per heavy atom. The lowest BCUT2D eigenvalue weighted by molar-refractivity contribution is 0.0765. The fourth-order valence-corrected chi connectivity index (χ4v) is 3.57. The van der Waals surface area contributed by atoms with Crippen molar-refractivity contribution in [2.24, 2.45) is 0 Å². The number of nitrogens with one attached hydrogen (secondary N) is 1. The van der Waals surface area contributed by atoms with Gasteiger partial charge in [-0.1, -0.05) is 6.07 Å². The second kappa shape index (κ2) is 8.95. The Kier molecular flexibility index (Phi) is 5.92. The van der Waals surface area contributed by atoms with Gasteiger partial charge in [-0.3, -0.25) is 9.89 Å². The monoisotopic (exact) mass is 424 g/mol. The van der Waals surface area contributed by atoms with Crippen LogP contribution in [0, 0.1) is 0 Å². The average molecular weight is 424 g/mol. The Bertz CT molecular complexity index is 1030. The van der Waals surface area contributed by atoms with Crippen molar-refractivity contribution in [1.82, 2.24) is 20.1 Å². The molecule has 1 saturated heterocycles. The van der Waals surface area contributed by atoms with Crippen molar-refractivity contribution in [2.45, 2.75) is 12.5 Å². The molecular formula is C22H24N4O5. The largest absolute Gasteiger partial charge is 0.493 e. The normalized spacial score (nSPS) is 15.6. The van der Waals surface area contributed by atoms with Crippen LogP contribution in [0.5, 0.6) is 23.1 Å². The van der Waals surface area contributed by atoms with Crippen LogP contribution in [0.1, 0.15) is 16.9 Å². The van der Waals surface area contributed by atoms with Crippen molar-refractivity contribution in [2.75, 3.05) is 34.4 Å². The van der Waals surface area contributed by atoms with Gasteiger partial charge < -0.3 is 23.8 Å². The van der Waals surface area contributed by atoms with Gasteiger partial charge in [-0.15, -0.1) is 0 Å². The molecule has 0 radical (unpaired) electrons. The maximum atomic E-state index is 13.0. The molecule has 3 heterocycles. The molecule has 0 spiro atoms. The average Bonchev–Trinajstić information content (AvgIpc) is 3.48. The molecule has 1 amide bonds. The van der Waals surface area contributed by atoms with E-state index in [4.69, 9.17) is 18.9 Å². The minimum Gasteiger partial charge on any atom is -0.493 e. The molecule has 3 aromatic rings. The van der Waals surface area contributed by atoms with Gasteiger partial charge in [0.15, 0.2) is 11.5 Å². The zero-order chi connectivity index (χ0) is 21.8. The number of H-pyrrole nitrogens is 1. The number of carbonyl (C=O) groups excluding carboxylic acids is 1. The summed E-state index contributed by atoms with van der Waals surface area (Å²) in [6.07, 6.45) is 2.34. The highest BCUT2D eigenvalue weighted by atomic mass is 16.5. The lowest BCUT2D eigenvalue weighted by Crippen LogP contribution is -2.31. The Labute approximate surface area is 179 Å². The Morgan fingerprint density at radius 1 is 1.10 bits per heavy atom. The SMILES string of the molecule is COc1cc(-c2cc(C(=O)N3CCC(Oc4ccccn4)C3)[nH]n2)cc(OC)c1OC. The predicted molar refractivity (Wildman–Crippen MR) is 113 cm³/mol. The highest BCUT2D eigenvalue weighted by molar-refractivity contribution is 5.93. The number of hydrogen-bond donors (Lipinski definition) is 1. The maximum Gasteiger partial charge on any atom is 0.272 e. The number of likely N-dealkylation sites (tertiary alicyclic amines) is 1. The summed E-state index contributed by atoms with van der Waals surface area (Å²) in [5, 5.41) is 7.15. The van der Waals surface area contributed by atoms with E-state index in [0.717, 1.165) is 12.0 Å². The number of ether oxygens (including phenoxy) is 4. The molecule has 4 rings (SSSR count). The molecule has 1 atom stereocenters. The summed E-state index contributed by atoms with van der Waals surface area (Å²) in [4.78, 5) is 18.9.